The highest BCUT2D eigenvalue weighted by atomic mass is 16.1. The predicted octanol–water partition coefficient (Wildman–Crippen LogP) is 5.33. The number of carbonyl (C=O) groups is 1. The zero-order valence-electron chi connectivity index (χ0n) is 16.6. The van der Waals surface area contributed by atoms with Crippen LogP contribution in [0.1, 0.15) is 42.3 Å². The van der Waals surface area contributed by atoms with Crippen LogP contribution in [0.5, 0.6) is 0 Å². The van der Waals surface area contributed by atoms with E-state index in [1.807, 2.05) is 30.5 Å². The Morgan fingerprint density at radius 3 is 2.54 bits per heavy atom. The van der Waals surface area contributed by atoms with Gasteiger partial charge in [-0.1, -0.05) is 51.1 Å². The molecule has 0 fully saturated rings. The van der Waals surface area contributed by atoms with E-state index in [0.717, 1.165) is 24.3 Å². The van der Waals surface area contributed by atoms with Crippen molar-refractivity contribution in [3.8, 4) is 0 Å². The van der Waals surface area contributed by atoms with Gasteiger partial charge in [-0.3, -0.25) is 9.78 Å². The normalized spacial score (nSPS) is 13.3. The number of nitrogens with zero attached hydrogens (tertiary/aromatic N) is 2. The summed E-state index contributed by atoms with van der Waals surface area (Å²) >= 11 is 0. The molecular formula is C24H25N3O. The molecule has 1 amide bonds. The number of rotatable bonds is 3. The molecule has 4 heteroatoms. The van der Waals surface area contributed by atoms with Crippen molar-refractivity contribution in [3.05, 3.63) is 83.7 Å². The van der Waals surface area contributed by atoms with Crippen LogP contribution in [0.25, 0.3) is 0 Å². The van der Waals surface area contributed by atoms with Gasteiger partial charge in [0.05, 0.1) is 17.4 Å². The van der Waals surface area contributed by atoms with Gasteiger partial charge in [0.1, 0.15) is 0 Å². The number of carbonyl (C=O) groups excluding carboxylic acids is 1. The van der Waals surface area contributed by atoms with E-state index >= 15 is 0 Å². The minimum absolute atomic E-state index is 0.0901. The van der Waals surface area contributed by atoms with Crippen molar-refractivity contribution in [3.63, 3.8) is 0 Å². The average molecular weight is 371 g/mol. The lowest BCUT2D eigenvalue weighted by atomic mass is 9.87. The van der Waals surface area contributed by atoms with Crippen LogP contribution < -0.4 is 10.2 Å². The third-order valence-corrected chi connectivity index (χ3v) is 5.19. The molecule has 4 nitrogen and oxygen atoms in total. The first-order valence-electron chi connectivity index (χ1n) is 9.64. The zero-order valence-corrected chi connectivity index (χ0v) is 16.6. The maximum atomic E-state index is 12.7. The lowest BCUT2D eigenvalue weighted by Gasteiger charge is -2.20. The fraction of sp³-hybridized carbons (Fsp3) is 0.250. The van der Waals surface area contributed by atoms with Crippen molar-refractivity contribution in [1.82, 2.24) is 4.98 Å². The first kappa shape index (κ1) is 18.2. The summed E-state index contributed by atoms with van der Waals surface area (Å²) in [5.41, 5.74) is 6.14. The Bertz CT molecular complexity index is 1000. The van der Waals surface area contributed by atoms with Crippen LogP contribution in [-0.2, 0) is 11.8 Å². The van der Waals surface area contributed by atoms with Gasteiger partial charge in [-0.15, -0.1) is 0 Å². The summed E-state index contributed by atoms with van der Waals surface area (Å²) in [7, 11) is 0. The van der Waals surface area contributed by atoms with E-state index in [2.05, 4.69) is 66.3 Å². The van der Waals surface area contributed by atoms with Gasteiger partial charge in [-0.05, 0) is 47.2 Å². The molecule has 0 aliphatic carbocycles. The predicted molar refractivity (Wildman–Crippen MR) is 114 cm³/mol. The Labute approximate surface area is 166 Å². The fourth-order valence-electron chi connectivity index (χ4n) is 3.56. The van der Waals surface area contributed by atoms with E-state index in [9.17, 15) is 4.79 Å². The number of amides is 1. The largest absolute Gasteiger partial charge is 0.340 e. The van der Waals surface area contributed by atoms with Crippen LogP contribution in [0.15, 0.2) is 67.0 Å². The number of pyridine rings is 1. The highest BCUT2D eigenvalue weighted by Gasteiger charge is 2.21. The number of benzene rings is 2. The van der Waals surface area contributed by atoms with Crippen LogP contribution in [0, 0.1) is 0 Å². The third kappa shape index (κ3) is 3.63. The van der Waals surface area contributed by atoms with E-state index in [-0.39, 0.29) is 11.3 Å². The summed E-state index contributed by atoms with van der Waals surface area (Å²) in [4.78, 5) is 19.3. The molecule has 1 aliphatic rings. The summed E-state index contributed by atoms with van der Waals surface area (Å²) in [5, 5.41) is 2.98. The number of aromatic nitrogens is 1. The molecule has 0 saturated heterocycles. The molecular weight excluding hydrogens is 346 g/mol. The summed E-state index contributed by atoms with van der Waals surface area (Å²) < 4.78 is 0. The number of fused-ring (bicyclic) bond motifs is 1. The topological polar surface area (TPSA) is 45.2 Å². The smallest absolute Gasteiger partial charge is 0.257 e. The van der Waals surface area contributed by atoms with Gasteiger partial charge in [0.25, 0.3) is 5.91 Å². The van der Waals surface area contributed by atoms with E-state index in [1.54, 1.807) is 6.20 Å². The van der Waals surface area contributed by atoms with Gasteiger partial charge in [0.2, 0.25) is 0 Å². The highest BCUT2D eigenvalue weighted by Crippen LogP contribution is 2.34. The van der Waals surface area contributed by atoms with Crippen molar-refractivity contribution in [2.75, 3.05) is 16.8 Å². The van der Waals surface area contributed by atoms with Crippen LogP contribution in [0.3, 0.4) is 0 Å². The quantitative estimate of drug-likeness (QED) is 0.677. The van der Waals surface area contributed by atoms with Crippen LogP contribution in [0.2, 0.25) is 0 Å². The van der Waals surface area contributed by atoms with Crippen molar-refractivity contribution in [2.45, 2.75) is 32.6 Å². The number of anilines is 3. The molecule has 2 aromatic carbocycles. The Hall–Kier alpha value is -3.14. The van der Waals surface area contributed by atoms with Gasteiger partial charge in [-0.25, -0.2) is 0 Å². The standard InChI is InChI=1S/C24H25N3O/c1-24(2,3)19-8-10-20(11-9-19)26-23(28)18-14-21(16-25-15-18)27-13-12-17-6-4-5-7-22(17)27/h4-11,14-16H,12-13H2,1-3H3,(H,26,28). The van der Waals surface area contributed by atoms with E-state index in [4.69, 9.17) is 0 Å². The average Bonchev–Trinajstić information content (AvgIpc) is 3.12. The van der Waals surface area contributed by atoms with Gasteiger partial charge in [0, 0.05) is 24.1 Å². The van der Waals surface area contributed by atoms with Crippen LogP contribution in [0.4, 0.5) is 17.1 Å². The Kier molecular flexibility index (Phi) is 4.63. The summed E-state index contributed by atoms with van der Waals surface area (Å²) in [6, 6.07) is 18.3. The molecule has 0 unspecified atom stereocenters. The fourth-order valence-corrected chi connectivity index (χ4v) is 3.56. The SMILES string of the molecule is CC(C)(C)c1ccc(NC(=O)c2cncc(N3CCc4ccccc43)c2)cc1. The van der Waals surface area contributed by atoms with Gasteiger partial charge >= 0.3 is 0 Å². The first-order chi connectivity index (χ1) is 13.4. The van der Waals surface area contributed by atoms with Crippen molar-refractivity contribution in [2.24, 2.45) is 0 Å². The Morgan fingerprint density at radius 2 is 1.79 bits per heavy atom. The number of nitrogens with one attached hydrogen (secondary N) is 1. The lowest BCUT2D eigenvalue weighted by Crippen LogP contribution is -2.17. The van der Waals surface area contributed by atoms with Gasteiger partial charge in [-0.2, -0.15) is 0 Å². The third-order valence-electron chi connectivity index (χ3n) is 5.19. The highest BCUT2D eigenvalue weighted by molar-refractivity contribution is 6.04. The second-order valence-electron chi connectivity index (χ2n) is 8.24. The number of hydrogen-bond acceptors (Lipinski definition) is 3. The minimum Gasteiger partial charge on any atom is -0.340 e. The molecule has 1 aromatic heterocycles. The maximum absolute atomic E-state index is 12.7. The summed E-state index contributed by atoms with van der Waals surface area (Å²) in [6.45, 7) is 7.43. The molecule has 1 aliphatic heterocycles. The Morgan fingerprint density at radius 1 is 1.04 bits per heavy atom. The molecule has 2 heterocycles. The number of para-hydroxylation sites is 1. The van der Waals surface area contributed by atoms with Gasteiger partial charge < -0.3 is 10.2 Å². The second-order valence-corrected chi connectivity index (χ2v) is 8.24. The molecule has 28 heavy (non-hydrogen) atoms. The van der Waals surface area contributed by atoms with Crippen molar-refractivity contribution >= 4 is 23.0 Å². The van der Waals surface area contributed by atoms with Crippen LogP contribution in [-0.4, -0.2) is 17.4 Å². The van der Waals surface area contributed by atoms with E-state index in [1.165, 1.54) is 16.8 Å². The van der Waals surface area contributed by atoms with E-state index < -0.39 is 0 Å². The molecule has 0 bridgehead atoms. The second kappa shape index (κ2) is 7.12. The summed E-state index contributed by atoms with van der Waals surface area (Å²) in [6.07, 6.45) is 4.44. The lowest BCUT2D eigenvalue weighted by molar-refractivity contribution is 0.102. The zero-order chi connectivity index (χ0) is 19.7. The van der Waals surface area contributed by atoms with Crippen molar-refractivity contribution in [1.29, 1.82) is 0 Å². The molecule has 0 spiro atoms. The van der Waals surface area contributed by atoms with Gasteiger partial charge in [0.15, 0.2) is 0 Å². The monoisotopic (exact) mass is 371 g/mol. The molecule has 0 radical (unpaired) electrons. The molecule has 0 atom stereocenters. The molecule has 3 aromatic rings. The number of hydrogen-bond donors (Lipinski definition) is 1. The molecule has 142 valence electrons. The molecule has 4 rings (SSSR count). The van der Waals surface area contributed by atoms with Crippen LogP contribution >= 0.6 is 0 Å². The van der Waals surface area contributed by atoms with E-state index in [0.29, 0.717) is 5.56 Å². The van der Waals surface area contributed by atoms with Crippen molar-refractivity contribution < 1.29 is 4.79 Å². The molecule has 1 N–H and O–H groups in total. The minimum atomic E-state index is -0.148. The maximum Gasteiger partial charge on any atom is 0.257 e. The summed E-state index contributed by atoms with van der Waals surface area (Å²) in [5.74, 6) is -0.148. The molecule has 0 saturated carbocycles. The Balaban J connectivity index is 1.53. The first-order valence-corrected chi connectivity index (χ1v) is 9.64.